The first-order valence-corrected chi connectivity index (χ1v) is 10.5. The van der Waals surface area contributed by atoms with Crippen LogP contribution in [0.4, 0.5) is 11.4 Å². The van der Waals surface area contributed by atoms with Crippen molar-refractivity contribution >= 4 is 35.5 Å². The molecule has 0 atom stereocenters. The Bertz CT molecular complexity index is 1190. The van der Waals surface area contributed by atoms with Gasteiger partial charge in [-0.2, -0.15) is 0 Å². The zero-order valence-electron chi connectivity index (χ0n) is 19.6. The lowest BCUT2D eigenvalue weighted by Crippen LogP contribution is -2.07. The number of hydrogen-bond donors (Lipinski definition) is 2. The molecule has 0 aliphatic heterocycles. The molecule has 0 radical (unpaired) electrons. The van der Waals surface area contributed by atoms with Crippen molar-refractivity contribution in [3.63, 3.8) is 0 Å². The van der Waals surface area contributed by atoms with E-state index in [1.807, 2.05) is 54.6 Å². The second-order valence-electron chi connectivity index (χ2n) is 7.24. The lowest BCUT2D eigenvalue weighted by molar-refractivity contribution is -0.111. The number of carbonyl (C=O) groups is 1. The number of methoxy groups -OCH3 is 4. The molecule has 0 bridgehead atoms. The predicted octanol–water partition coefficient (Wildman–Crippen LogP) is 5.13. The fourth-order valence-electron chi connectivity index (χ4n) is 3.32. The van der Waals surface area contributed by atoms with Crippen LogP contribution < -0.4 is 30.0 Å². The van der Waals surface area contributed by atoms with Crippen molar-refractivity contribution < 1.29 is 23.7 Å². The van der Waals surface area contributed by atoms with E-state index in [-0.39, 0.29) is 5.91 Å². The van der Waals surface area contributed by atoms with Gasteiger partial charge in [0.2, 0.25) is 11.7 Å². The molecule has 3 aromatic carbocycles. The minimum absolute atomic E-state index is 0.250. The van der Waals surface area contributed by atoms with Crippen molar-refractivity contribution in [3.05, 3.63) is 77.4 Å². The summed E-state index contributed by atoms with van der Waals surface area (Å²) in [5.41, 5.74) is 9.69. The number of hydrogen-bond acceptors (Lipinski definition) is 6. The molecule has 3 N–H and O–H groups in total. The van der Waals surface area contributed by atoms with Crippen LogP contribution in [-0.2, 0) is 4.79 Å². The zero-order valence-corrected chi connectivity index (χ0v) is 19.6. The molecule has 3 aromatic rings. The van der Waals surface area contributed by atoms with Gasteiger partial charge in [-0.05, 0) is 59.2 Å². The maximum absolute atomic E-state index is 12.4. The quantitative estimate of drug-likeness (QED) is 0.261. The summed E-state index contributed by atoms with van der Waals surface area (Å²) >= 11 is 0. The van der Waals surface area contributed by atoms with E-state index in [1.54, 1.807) is 46.6 Å². The molecule has 1 amide bonds. The number of amides is 1. The highest BCUT2D eigenvalue weighted by Gasteiger charge is 2.12. The highest BCUT2D eigenvalue weighted by Crippen LogP contribution is 2.38. The second kappa shape index (κ2) is 11.5. The number of nitrogens with two attached hydrogens (primary N) is 1. The van der Waals surface area contributed by atoms with Crippen molar-refractivity contribution in [2.24, 2.45) is 0 Å². The standard InChI is InChI=1S/C27H28N2O5/c1-31-23-12-10-19(15-22(23)28)11-13-26(30)29-21-7-5-6-18(14-21)8-9-20-16-24(32-2)27(34-4)25(17-20)33-3/h5-17H,28H2,1-4H3,(H,29,30)/b9-8?,13-11+. The van der Waals surface area contributed by atoms with Gasteiger partial charge in [-0.1, -0.05) is 30.4 Å². The third-order valence-corrected chi connectivity index (χ3v) is 4.99. The molecule has 7 heteroatoms. The van der Waals surface area contributed by atoms with Crippen LogP contribution in [0.3, 0.4) is 0 Å². The summed E-state index contributed by atoms with van der Waals surface area (Å²) in [5.74, 6) is 2.04. The third-order valence-electron chi connectivity index (χ3n) is 4.99. The topological polar surface area (TPSA) is 92.0 Å². The van der Waals surface area contributed by atoms with Gasteiger partial charge in [0.15, 0.2) is 11.5 Å². The number of anilines is 2. The molecule has 0 aliphatic rings. The first-order chi connectivity index (χ1) is 16.5. The Balaban J connectivity index is 1.71. The molecule has 34 heavy (non-hydrogen) atoms. The van der Waals surface area contributed by atoms with Crippen LogP contribution in [0.1, 0.15) is 16.7 Å². The number of carbonyl (C=O) groups excluding carboxylic acids is 1. The van der Waals surface area contributed by atoms with E-state index in [9.17, 15) is 4.79 Å². The van der Waals surface area contributed by atoms with Crippen molar-refractivity contribution in [1.29, 1.82) is 0 Å². The van der Waals surface area contributed by atoms with Crippen LogP contribution in [0.5, 0.6) is 23.0 Å². The minimum atomic E-state index is -0.250. The molecule has 0 fully saturated rings. The van der Waals surface area contributed by atoms with Crippen LogP contribution in [0.2, 0.25) is 0 Å². The SMILES string of the molecule is COc1ccc(/C=C/C(=O)Nc2cccc(C=Cc3cc(OC)c(OC)c(OC)c3)c2)cc1N. The van der Waals surface area contributed by atoms with Crippen LogP contribution in [-0.4, -0.2) is 34.3 Å². The van der Waals surface area contributed by atoms with E-state index in [0.29, 0.717) is 34.4 Å². The van der Waals surface area contributed by atoms with Crippen LogP contribution in [0, 0.1) is 0 Å². The highest BCUT2D eigenvalue weighted by atomic mass is 16.5. The predicted molar refractivity (Wildman–Crippen MR) is 137 cm³/mol. The number of benzene rings is 3. The monoisotopic (exact) mass is 460 g/mol. The third kappa shape index (κ3) is 6.10. The smallest absolute Gasteiger partial charge is 0.248 e. The Morgan fingerprint density at radius 3 is 2.00 bits per heavy atom. The van der Waals surface area contributed by atoms with Gasteiger partial charge in [-0.25, -0.2) is 0 Å². The van der Waals surface area contributed by atoms with Gasteiger partial charge in [0.05, 0.1) is 34.1 Å². The van der Waals surface area contributed by atoms with Gasteiger partial charge in [-0.15, -0.1) is 0 Å². The summed E-state index contributed by atoms with van der Waals surface area (Å²) in [6.07, 6.45) is 7.02. The lowest BCUT2D eigenvalue weighted by Gasteiger charge is -2.12. The van der Waals surface area contributed by atoms with E-state index in [0.717, 1.165) is 16.7 Å². The van der Waals surface area contributed by atoms with Crippen LogP contribution in [0.25, 0.3) is 18.2 Å². The number of nitrogen functional groups attached to an aromatic ring is 1. The lowest BCUT2D eigenvalue weighted by atomic mass is 10.1. The Morgan fingerprint density at radius 1 is 0.735 bits per heavy atom. The summed E-state index contributed by atoms with van der Waals surface area (Å²) in [6, 6.07) is 16.6. The zero-order chi connectivity index (χ0) is 24.5. The van der Waals surface area contributed by atoms with Gasteiger partial charge in [-0.3, -0.25) is 4.79 Å². The summed E-state index contributed by atoms with van der Waals surface area (Å²) in [4.78, 5) is 12.4. The minimum Gasteiger partial charge on any atom is -0.495 e. The molecule has 0 aromatic heterocycles. The first kappa shape index (κ1) is 24.3. The number of rotatable bonds is 9. The van der Waals surface area contributed by atoms with Gasteiger partial charge in [0.1, 0.15) is 5.75 Å². The average molecular weight is 461 g/mol. The summed E-state index contributed by atoms with van der Waals surface area (Å²) in [6.45, 7) is 0. The van der Waals surface area contributed by atoms with Crippen molar-refractivity contribution in [2.45, 2.75) is 0 Å². The van der Waals surface area contributed by atoms with Crippen molar-refractivity contribution in [2.75, 3.05) is 39.5 Å². The van der Waals surface area contributed by atoms with Crippen LogP contribution in [0.15, 0.2) is 60.7 Å². The van der Waals surface area contributed by atoms with Gasteiger partial charge >= 0.3 is 0 Å². The molecule has 7 nitrogen and oxygen atoms in total. The maximum atomic E-state index is 12.4. The maximum Gasteiger partial charge on any atom is 0.248 e. The number of nitrogens with one attached hydrogen (secondary N) is 1. The van der Waals surface area contributed by atoms with E-state index in [4.69, 9.17) is 24.7 Å². The molecule has 176 valence electrons. The van der Waals surface area contributed by atoms with Gasteiger partial charge in [0, 0.05) is 11.8 Å². The first-order valence-electron chi connectivity index (χ1n) is 10.5. The molecule has 0 saturated carbocycles. The fourth-order valence-corrected chi connectivity index (χ4v) is 3.32. The molecular formula is C27H28N2O5. The van der Waals surface area contributed by atoms with E-state index in [1.165, 1.54) is 6.08 Å². The van der Waals surface area contributed by atoms with Gasteiger partial charge in [0.25, 0.3) is 0 Å². The van der Waals surface area contributed by atoms with E-state index < -0.39 is 0 Å². The van der Waals surface area contributed by atoms with E-state index >= 15 is 0 Å². The second-order valence-corrected chi connectivity index (χ2v) is 7.24. The largest absolute Gasteiger partial charge is 0.495 e. The summed E-state index contributed by atoms with van der Waals surface area (Å²) in [7, 11) is 6.28. The van der Waals surface area contributed by atoms with Crippen molar-refractivity contribution in [3.8, 4) is 23.0 Å². The van der Waals surface area contributed by atoms with Gasteiger partial charge < -0.3 is 30.0 Å². The number of ether oxygens (including phenoxy) is 4. The molecule has 0 saturated heterocycles. The molecular weight excluding hydrogens is 432 g/mol. The molecule has 3 rings (SSSR count). The Hall–Kier alpha value is -4.39. The summed E-state index contributed by atoms with van der Waals surface area (Å²) in [5, 5.41) is 2.87. The Labute approximate surface area is 199 Å². The van der Waals surface area contributed by atoms with Crippen molar-refractivity contribution in [1.82, 2.24) is 0 Å². The summed E-state index contributed by atoms with van der Waals surface area (Å²) < 4.78 is 21.3. The molecule has 0 spiro atoms. The molecule has 0 unspecified atom stereocenters. The van der Waals surface area contributed by atoms with Crippen LogP contribution >= 0.6 is 0 Å². The normalized spacial score (nSPS) is 10.9. The Kier molecular flexibility index (Phi) is 8.18. The highest BCUT2D eigenvalue weighted by molar-refractivity contribution is 6.02. The average Bonchev–Trinajstić information content (AvgIpc) is 2.85. The van der Waals surface area contributed by atoms with E-state index in [2.05, 4.69) is 5.32 Å². The molecule has 0 heterocycles. The Morgan fingerprint density at radius 2 is 1.38 bits per heavy atom. The molecule has 0 aliphatic carbocycles. The fraction of sp³-hybridized carbons (Fsp3) is 0.148.